The van der Waals surface area contributed by atoms with Gasteiger partial charge in [0.15, 0.2) is 0 Å². The first-order valence-corrected chi connectivity index (χ1v) is 6.17. The maximum atomic E-state index is 12.3. The Morgan fingerprint density at radius 3 is 2.56 bits per heavy atom. The lowest BCUT2D eigenvalue weighted by atomic mass is 10.3. The molecule has 1 unspecified atom stereocenters. The van der Waals surface area contributed by atoms with E-state index in [1.807, 2.05) is 6.92 Å². The van der Waals surface area contributed by atoms with E-state index in [4.69, 9.17) is 11.6 Å². The predicted octanol–water partition coefficient (Wildman–Crippen LogP) is 3.27. The minimum absolute atomic E-state index is 0.0107. The van der Waals surface area contributed by atoms with Gasteiger partial charge in [-0.15, -0.1) is 0 Å². The minimum atomic E-state index is -4.48. The standard InChI is InChI=1S/C9H9ClF3NOS/c1-2-3-16(15)8-7(10)4-6(5-14-8)9(11,12)13/h4-5H,2-3H2,1H3. The molecule has 2 nitrogen and oxygen atoms in total. The van der Waals surface area contributed by atoms with Crippen molar-refractivity contribution in [2.45, 2.75) is 24.5 Å². The Kier molecular flexibility index (Phi) is 4.46. The average molecular weight is 272 g/mol. The summed E-state index contributed by atoms with van der Waals surface area (Å²) in [5, 5.41) is -0.196. The smallest absolute Gasteiger partial charge is 0.417 e. The largest absolute Gasteiger partial charge is 0.610 e. The molecule has 1 aromatic heterocycles. The Morgan fingerprint density at radius 1 is 1.50 bits per heavy atom. The summed E-state index contributed by atoms with van der Waals surface area (Å²) in [6.07, 6.45) is -3.19. The maximum absolute atomic E-state index is 12.3. The van der Waals surface area contributed by atoms with Gasteiger partial charge in [-0.3, -0.25) is 0 Å². The fourth-order valence-corrected chi connectivity index (χ4v) is 2.47. The van der Waals surface area contributed by atoms with E-state index in [2.05, 4.69) is 4.98 Å². The highest BCUT2D eigenvalue weighted by Crippen LogP contribution is 2.32. The van der Waals surface area contributed by atoms with E-state index in [1.165, 1.54) is 0 Å². The zero-order valence-corrected chi connectivity index (χ0v) is 9.92. The van der Waals surface area contributed by atoms with Gasteiger partial charge in [-0.25, -0.2) is 4.98 Å². The van der Waals surface area contributed by atoms with E-state index in [0.29, 0.717) is 18.4 Å². The van der Waals surface area contributed by atoms with Crippen LogP contribution in [0.4, 0.5) is 13.2 Å². The Hall–Kier alpha value is -0.460. The van der Waals surface area contributed by atoms with Gasteiger partial charge in [-0.2, -0.15) is 13.2 Å². The van der Waals surface area contributed by atoms with E-state index in [9.17, 15) is 17.7 Å². The molecule has 16 heavy (non-hydrogen) atoms. The van der Waals surface area contributed by atoms with Gasteiger partial charge >= 0.3 is 6.18 Å². The molecule has 0 aliphatic heterocycles. The predicted molar refractivity (Wildman–Crippen MR) is 55.8 cm³/mol. The molecule has 90 valence electrons. The van der Waals surface area contributed by atoms with Gasteiger partial charge in [0, 0.05) is 17.4 Å². The molecular formula is C9H9ClF3NOS. The van der Waals surface area contributed by atoms with Crippen molar-refractivity contribution in [3.05, 3.63) is 22.8 Å². The van der Waals surface area contributed by atoms with Gasteiger partial charge in [-0.05, 0) is 12.5 Å². The molecule has 0 saturated carbocycles. The Balaban J connectivity index is 3.00. The van der Waals surface area contributed by atoms with Crippen LogP contribution in [0.5, 0.6) is 0 Å². The SMILES string of the molecule is CCC[S+]([O-])c1ncc(C(F)(F)F)cc1Cl. The Bertz CT molecular complexity index is 372. The van der Waals surface area contributed by atoms with Crippen molar-refractivity contribution in [2.24, 2.45) is 0 Å². The van der Waals surface area contributed by atoms with Gasteiger partial charge in [0.2, 0.25) is 0 Å². The van der Waals surface area contributed by atoms with Crippen LogP contribution in [0.25, 0.3) is 0 Å². The molecule has 7 heteroatoms. The summed E-state index contributed by atoms with van der Waals surface area (Å²) in [5.41, 5.74) is -0.935. The van der Waals surface area contributed by atoms with Crippen molar-refractivity contribution in [1.29, 1.82) is 0 Å². The molecule has 0 fully saturated rings. The summed E-state index contributed by atoms with van der Waals surface area (Å²) in [4.78, 5) is 3.51. The third-order valence-corrected chi connectivity index (χ3v) is 3.68. The van der Waals surface area contributed by atoms with Gasteiger partial charge in [0.1, 0.15) is 10.8 Å². The van der Waals surface area contributed by atoms with Crippen LogP contribution in [-0.2, 0) is 17.4 Å². The number of nitrogens with zero attached hydrogens (tertiary/aromatic N) is 1. The molecule has 0 aromatic carbocycles. The molecule has 0 spiro atoms. The van der Waals surface area contributed by atoms with E-state index < -0.39 is 22.9 Å². The molecule has 0 bridgehead atoms. The maximum Gasteiger partial charge on any atom is 0.417 e. The summed E-state index contributed by atoms with van der Waals surface area (Å²) in [6, 6.07) is 0.747. The molecule has 0 N–H and O–H groups in total. The van der Waals surface area contributed by atoms with E-state index in [1.54, 1.807) is 0 Å². The van der Waals surface area contributed by atoms with Crippen LogP contribution < -0.4 is 0 Å². The summed E-state index contributed by atoms with van der Waals surface area (Å²) >= 11 is 4.17. The second-order valence-corrected chi connectivity index (χ2v) is 4.95. The molecule has 0 saturated heterocycles. The van der Waals surface area contributed by atoms with E-state index >= 15 is 0 Å². The number of hydrogen-bond acceptors (Lipinski definition) is 2. The normalized spacial score (nSPS) is 13.9. The summed E-state index contributed by atoms with van der Waals surface area (Å²) < 4.78 is 48.3. The van der Waals surface area contributed by atoms with Crippen LogP contribution in [0.15, 0.2) is 17.3 Å². The first kappa shape index (κ1) is 13.6. The summed E-state index contributed by atoms with van der Waals surface area (Å²) in [7, 11) is 0. The lowest BCUT2D eigenvalue weighted by Gasteiger charge is -2.11. The molecule has 1 aromatic rings. The number of rotatable bonds is 3. The van der Waals surface area contributed by atoms with E-state index in [0.717, 1.165) is 6.07 Å². The number of aromatic nitrogens is 1. The molecule has 1 rings (SSSR count). The number of alkyl halides is 3. The summed E-state index contributed by atoms with van der Waals surface area (Å²) in [5.74, 6) is 0.331. The van der Waals surface area contributed by atoms with Gasteiger partial charge < -0.3 is 4.55 Å². The Labute approximate surface area is 99.0 Å². The molecule has 0 aliphatic carbocycles. The first-order valence-electron chi connectivity index (χ1n) is 4.47. The van der Waals surface area contributed by atoms with Crippen LogP contribution in [0, 0.1) is 0 Å². The van der Waals surface area contributed by atoms with Crippen LogP contribution in [-0.4, -0.2) is 15.3 Å². The monoisotopic (exact) mass is 271 g/mol. The lowest BCUT2D eigenvalue weighted by molar-refractivity contribution is -0.137. The van der Waals surface area contributed by atoms with Gasteiger partial charge in [-0.1, -0.05) is 18.5 Å². The fourth-order valence-electron chi connectivity index (χ4n) is 1.03. The number of pyridine rings is 1. The van der Waals surface area contributed by atoms with Crippen molar-refractivity contribution < 1.29 is 17.7 Å². The third kappa shape index (κ3) is 3.26. The number of hydrogen-bond donors (Lipinski definition) is 0. The van der Waals surface area contributed by atoms with Crippen molar-refractivity contribution in [1.82, 2.24) is 4.98 Å². The molecule has 0 amide bonds. The zero-order valence-electron chi connectivity index (χ0n) is 8.34. The van der Waals surface area contributed by atoms with Crippen LogP contribution in [0.3, 0.4) is 0 Å². The highest BCUT2D eigenvalue weighted by molar-refractivity contribution is 7.91. The quantitative estimate of drug-likeness (QED) is 0.791. The molecule has 1 heterocycles. The first-order chi connectivity index (χ1) is 7.36. The van der Waals surface area contributed by atoms with E-state index in [-0.39, 0.29) is 10.0 Å². The highest BCUT2D eigenvalue weighted by Gasteiger charge is 2.32. The van der Waals surface area contributed by atoms with Crippen LogP contribution in [0.2, 0.25) is 5.02 Å². The van der Waals surface area contributed by atoms with Crippen LogP contribution in [0.1, 0.15) is 18.9 Å². The molecule has 1 atom stereocenters. The van der Waals surface area contributed by atoms with Crippen molar-refractivity contribution in [3.63, 3.8) is 0 Å². The lowest BCUT2D eigenvalue weighted by Crippen LogP contribution is -2.11. The molecule has 0 aliphatic rings. The van der Waals surface area contributed by atoms with Gasteiger partial charge in [0.05, 0.1) is 5.56 Å². The second kappa shape index (κ2) is 5.25. The Morgan fingerprint density at radius 2 is 2.12 bits per heavy atom. The zero-order chi connectivity index (χ0) is 12.3. The van der Waals surface area contributed by atoms with Crippen molar-refractivity contribution >= 4 is 22.8 Å². The molecular weight excluding hydrogens is 263 g/mol. The number of halogens is 4. The van der Waals surface area contributed by atoms with Crippen molar-refractivity contribution in [3.8, 4) is 0 Å². The second-order valence-electron chi connectivity index (χ2n) is 3.06. The minimum Gasteiger partial charge on any atom is -0.610 e. The van der Waals surface area contributed by atoms with Crippen molar-refractivity contribution in [2.75, 3.05) is 5.75 Å². The molecule has 0 radical (unpaired) electrons. The fraction of sp³-hybridized carbons (Fsp3) is 0.444. The third-order valence-electron chi connectivity index (χ3n) is 1.74. The van der Waals surface area contributed by atoms with Crippen LogP contribution >= 0.6 is 11.6 Å². The highest BCUT2D eigenvalue weighted by atomic mass is 35.5. The van der Waals surface area contributed by atoms with Gasteiger partial charge in [0.25, 0.3) is 5.03 Å². The summed E-state index contributed by atoms with van der Waals surface area (Å²) in [6.45, 7) is 1.82. The average Bonchev–Trinajstić information content (AvgIpc) is 2.16. The topological polar surface area (TPSA) is 36.0 Å².